The molecule has 1 amide bonds. The first-order chi connectivity index (χ1) is 12.1. The lowest BCUT2D eigenvalue weighted by Crippen LogP contribution is -2.35. The Morgan fingerprint density at radius 3 is 2.60 bits per heavy atom. The van der Waals surface area contributed by atoms with Crippen molar-refractivity contribution in [2.24, 2.45) is 0 Å². The van der Waals surface area contributed by atoms with Gasteiger partial charge in [0.2, 0.25) is 5.95 Å². The standard InChI is InChI=1S/C20H26N4O/c1-15(2)24(14-16-8-4-3-5-9-16)20-21-13-12-18(23-20)19(25)22-17-10-6-7-11-17/h3-5,8-9,12-13,15,17H,6-7,10-11,14H2,1-2H3,(H,22,25). The smallest absolute Gasteiger partial charge is 0.270 e. The van der Waals surface area contributed by atoms with E-state index < -0.39 is 0 Å². The molecule has 0 radical (unpaired) electrons. The van der Waals surface area contributed by atoms with Crippen LogP contribution in [0.4, 0.5) is 5.95 Å². The van der Waals surface area contributed by atoms with Crippen molar-refractivity contribution in [1.82, 2.24) is 15.3 Å². The highest BCUT2D eigenvalue weighted by molar-refractivity contribution is 5.92. The number of carbonyl (C=O) groups is 1. The van der Waals surface area contributed by atoms with Gasteiger partial charge in [-0.25, -0.2) is 9.97 Å². The Hall–Kier alpha value is -2.43. The summed E-state index contributed by atoms with van der Waals surface area (Å²) >= 11 is 0. The fourth-order valence-electron chi connectivity index (χ4n) is 3.21. The average molecular weight is 338 g/mol. The number of anilines is 1. The minimum atomic E-state index is -0.0982. The molecule has 0 spiro atoms. The number of carbonyl (C=O) groups excluding carboxylic acids is 1. The molecule has 1 aliphatic rings. The van der Waals surface area contributed by atoms with E-state index in [-0.39, 0.29) is 18.0 Å². The molecule has 1 aliphatic carbocycles. The molecule has 1 saturated carbocycles. The number of nitrogens with zero attached hydrogens (tertiary/aromatic N) is 3. The van der Waals surface area contributed by atoms with Crippen molar-refractivity contribution in [2.45, 2.75) is 58.2 Å². The molecule has 132 valence electrons. The number of hydrogen-bond acceptors (Lipinski definition) is 4. The normalized spacial score (nSPS) is 14.7. The van der Waals surface area contributed by atoms with Crippen LogP contribution in [0, 0.1) is 0 Å². The zero-order chi connectivity index (χ0) is 17.6. The molecule has 5 nitrogen and oxygen atoms in total. The van der Waals surface area contributed by atoms with E-state index in [2.05, 4.69) is 46.2 Å². The largest absolute Gasteiger partial charge is 0.348 e. The van der Waals surface area contributed by atoms with Crippen LogP contribution in [0.5, 0.6) is 0 Å². The Morgan fingerprint density at radius 2 is 1.92 bits per heavy atom. The lowest BCUT2D eigenvalue weighted by molar-refractivity contribution is 0.0932. The predicted octanol–water partition coefficient (Wildman–Crippen LogP) is 3.56. The van der Waals surface area contributed by atoms with Gasteiger partial charge in [0.1, 0.15) is 5.69 Å². The summed E-state index contributed by atoms with van der Waals surface area (Å²) in [5, 5.41) is 3.09. The van der Waals surface area contributed by atoms with Gasteiger partial charge in [-0.2, -0.15) is 0 Å². The predicted molar refractivity (Wildman–Crippen MR) is 99.5 cm³/mol. The van der Waals surface area contributed by atoms with Crippen molar-refractivity contribution >= 4 is 11.9 Å². The third-order valence-corrected chi connectivity index (χ3v) is 4.64. The molecule has 5 heteroatoms. The number of amides is 1. The number of benzene rings is 1. The summed E-state index contributed by atoms with van der Waals surface area (Å²) in [7, 11) is 0. The van der Waals surface area contributed by atoms with Gasteiger partial charge in [0.15, 0.2) is 0 Å². The lowest BCUT2D eigenvalue weighted by atomic mass is 10.2. The number of nitrogens with one attached hydrogen (secondary N) is 1. The van der Waals surface area contributed by atoms with Gasteiger partial charge < -0.3 is 10.2 Å². The number of hydrogen-bond donors (Lipinski definition) is 1. The molecule has 1 heterocycles. The molecule has 0 atom stereocenters. The molecule has 0 saturated heterocycles. The Kier molecular flexibility index (Phi) is 5.64. The van der Waals surface area contributed by atoms with Gasteiger partial charge in [-0.15, -0.1) is 0 Å². The molecule has 25 heavy (non-hydrogen) atoms. The van der Waals surface area contributed by atoms with E-state index in [0.717, 1.165) is 12.8 Å². The lowest BCUT2D eigenvalue weighted by Gasteiger charge is -2.27. The summed E-state index contributed by atoms with van der Waals surface area (Å²) in [4.78, 5) is 23.5. The van der Waals surface area contributed by atoms with Crippen LogP contribution in [0.1, 0.15) is 55.6 Å². The molecule has 0 aliphatic heterocycles. The van der Waals surface area contributed by atoms with Crippen LogP contribution in [0.3, 0.4) is 0 Å². The van der Waals surface area contributed by atoms with Gasteiger partial charge in [0.05, 0.1) is 0 Å². The monoisotopic (exact) mass is 338 g/mol. The van der Waals surface area contributed by atoms with E-state index in [9.17, 15) is 4.79 Å². The van der Waals surface area contributed by atoms with Gasteiger partial charge in [-0.3, -0.25) is 4.79 Å². The van der Waals surface area contributed by atoms with Gasteiger partial charge in [-0.05, 0) is 38.3 Å². The number of aromatic nitrogens is 2. The zero-order valence-electron chi connectivity index (χ0n) is 15.0. The van der Waals surface area contributed by atoms with Crippen LogP contribution >= 0.6 is 0 Å². The highest BCUT2D eigenvalue weighted by atomic mass is 16.1. The second kappa shape index (κ2) is 8.10. The van der Waals surface area contributed by atoms with Crippen LogP contribution < -0.4 is 10.2 Å². The van der Waals surface area contributed by atoms with E-state index in [0.29, 0.717) is 18.2 Å². The second-order valence-corrected chi connectivity index (χ2v) is 6.90. The highest BCUT2D eigenvalue weighted by Gasteiger charge is 2.20. The molecule has 0 bridgehead atoms. The molecule has 1 fully saturated rings. The van der Waals surface area contributed by atoms with E-state index in [4.69, 9.17) is 0 Å². The summed E-state index contributed by atoms with van der Waals surface area (Å²) in [5.74, 6) is 0.497. The summed E-state index contributed by atoms with van der Waals surface area (Å²) in [6.07, 6.45) is 6.19. The van der Waals surface area contributed by atoms with Gasteiger partial charge in [-0.1, -0.05) is 43.2 Å². The van der Waals surface area contributed by atoms with Crippen LogP contribution in [-0.2, 0) is 6.54 Å². The molecule has 2 aromatic rings. The average Bonchev–Trinajstić information content (AvgIpc) is 3.13. The van der Waals surface area contributed by atoms with Crippen molar-refractivity contribution in [3.8, 4) is 0 Å². The SMILES string of the molecule is CC(C)N(Cc1ccccc1)c1nccc(C(=O)NC2CCCC2)n1. The van der Waals surface area contributed by atoms with Crippen molar-refractivity contribution in [3.63, 3.8) is 0 Å². The van der Waals surface area contributed by atoms with Crippen LogP contribution in [0.15, 0.2) is 42.6 Å². The van der Waals surface area contributed by atoms with Gasteiger partial charge in [0.25, 0.3) is 5.91 Å². The molecular formula is C20H26N4O. The first-order valence-corrected chi connectivity index (χ1v) is 9.08. The Balaban J connectivity index is 1.76. The second-order valence-electron chi connectivity index (χ2n) is 6.90. The summed E-state index contributed by atoms with van der Waals surface area (Å²) in [5.41, 5.74) is 1.64. The van der Waals surface area contributed by atoms with Crippen LogP contribution in [0.2, 0.25) is 0 Å². The van der Waals surface area contributed by atoms with Crippen LogP contribution in [0.25, 0.3) is 0 Å². The summed E-state index contributed by atoms with van der Waals surface area (Å²) in [6, 6.07) is 12.4. The van der Waals surface area contributed by atoms with E-state index in [1.165, 1.54) is 18.4 Å². The molecule has 0 unspecified atom stereocenters. The van der Waals surface area contributed by atoms with Crippen molar-refractivity contribution in [3.05, 3.63) is 53.9 Å². The molecule has 1 aromatic carbocycles. The Labute approximate surface area is 149 Å². The molecule has 3 rings (SSSR count). The Morgan fingerprint density at radius 1 is 1.20 bits per heavy atom. The maximum Gasteiger partial charge on any atom is 0.270 e. The topological polar surface area (TPSA) is 58.1 Å². The first kappa shape index (κ1) is 17.4. The maximum absolute atomic E-state index is 12.5. The summed E-state index contributed by atoms with van der Waals surface area (Å²) < 4.78 is 0. The van der Waals surface area contributed by atoms with Gasteiger partial charge in [0, 0.05) is 24.8 Å². The maximum atomic E-state index is 12.5. The van der Waals surface area contributed by atoms with Crippen molar-refractivity contribution < 1.29 is 4.79 Å². The fourth-order valence-corrected chi connectivity index (χ4v) is 3.21. The van der Waals surface area contributed by atoms with Gasteiger partial charge >= 0.3 is 0 Å². The quantitative estimate of drug-likeness (QED) is 0.875. The Bertz CT molecular complexity index is 696. The van der Waals surface area contributed by atoms with E-state index in [1.807, 2.05) is 18.2 Å². The minimum Gasteiger partial charge on any atom is -0.348 e. The zero-order valence-corrected chi connectivity index (χ0v) is 15.0. The fraction of sp³-hybridized carbons (Fsp3) is 0.450. The van der Waals surface area contributed by atoms with Crippen molar-refractivity contribution in [1.29, 1.82) is 0 Å². The molecular weight excluding hydrogens is 312 g/mol. The number of rotatable bonds is 6. The summed E-state index contributed by atoms with van der Waals surface area (Å²) in [6.45, 7) is 4.93. The molecule has 1 N–H and O–H groups in total. The minimum absolute atomic E-state index is 0.0982. The highest BCUT2D eigenvalue weighted by Crippen LogP contribution is 2.19. The van der Waals surface area contributed by atoms with E-state index >= 15 is 0 Å². The third-order valence-electron chi connectivity index (χ3n) is 4.64. The first-order valence-electron chi connectivity index (χ1n) is 9.08. The third kappa shape index (κ3) is 4.56. The molecule has 1 aromatic heterocycles. The van der Waals surface area contributed by atoms with Crippen molar-refractivity contribution in [2.75, 3.05) is 4.90 Å². The van der Waals surface area contributed by atoms with E-state index in [1.54, 1.807) is 12.3 Å². The van der Waals surface area contributed by atoms with Crippen LogP contribution in [-0.4, -0.2) is 28.0 Å².